The Hall–Kier alpha value is -3.81. The number of H-pyrrole nitrogens is 1. The third-order valence-corrected chi connectivity index (χ3v) is 8.75. The summed E-state index contributed by atoms with van der Waals surface area (Å²) in [6.07, 6.45) is -1.25. The third-order valence-electron chi connectivity index (χ3n) is 7.51. The maximum absolute atomic E-state index is 14.0. The first-order chi connectivity index (χ1) is 21.1. The lowest BCUT2D eigenvalue weighted by Crippen LogP contribution is -2.53. The number of hydrogen-bond acceptors (Lipinski definition) is 7. The number of nitrogens with zero attached hydrogens (tertiary/aromatic N) is 2. The number of amides is 1. The Kier molecular flexibility index (Phi) is 9.07. The molecular formula is C31H32ClF3N4O5S. The van der Waals surface area contributed by atoms with E-state index in [4.69, 9.17) is 21.1 Å². The number of alkyl carbamates (subject to hydrolysis) is 1. The van der Waals surface area contributed by atoms with Gasteiger partial charge in [-0.15, -0.1) is 0 Å². The number of ether oxygens (including phenoxy) is 2. The molecule has 14 heteroatoms. The normalized spacial score (nSPS) is 15.8. The molecular weight excluding hydrogens is 633 g/mol. The van der Waals surface area contributed by atoms with Gasteiger partial charge >= 0.3 is 17.1 Å². The summed E-state index contributed by atoms with van der Waals surface area (Å²) in [4.78, 5) is 25.6. The van der Waals surface area contributed by atoms with Gasteiger partial charge in [-0.3, -0.25) is 14.5 Å². The summed E-state index contributed by atoms with van der Waals surface area (Å²) in [5, 5.41) is 21.8. The molecule has 1 saturated heterocycles. The van der Waals surface area contributed by atoms with Crippen LogP contribution in [0.4, 0.5) is 18.0 Å². The second kappa shape index (κ2) is 12.5. The van der Waals surface area contributed by atoms with Crippen LogP contribution in [0.25, 0.3) is 22.6 Å². The van der Waals surface area contributed by atoms with Crippen molar-refractivity contribution in [2.45, 2.75) is 63.9 Å². The lowest BCUT2D eigenvalue weighted by molar-refractivity contribution is -0.137. The number of aromatic nitrogens is 3. The summed E-state index contributed by atoms with van der Waals surface area (Å²) in [5.74, 6) is -0.398. The molecule has 1 amide bonds. The highest BCUT2D eigenvalue weighted by Crippen LogP contribution is 2.40. The number of aromatic amines is 1. The molecule has 3 heterocycles. The Morgan fingerprint density at radius 2 is 1.96 bits per heavy atom. The van der Waals surface area contributed by atoms with E-state index in [1.807, 2.05) is 0 Å². The number of halogens is 4. The van der Waals surface area contributed by atoms with E-state index in [0.29, 0.717) is 53.9 Å². The molecule has 240 valence electrons. The largest absolute Gasteiger partial charge is 0.493 e. The molecule has 3 N–H and O–H groups in total. The fraction of sp³-hybridized carbons (Fsp3) is 0.387. The van der Waals surface area contributed by atoms with Crippen LogP contribution in [0.5, 0.6) is 5.88 Å². The predicted molar refractivity (Wildman–Crippen MR) is 167 cm³/mol. The molecule has 2 aromatic heterocycles. The number of carbonyl (C=O) groups is 1. The molecule has 4 aromatic rings. The van der Waals surface area contributed by atoms with Gasteiger partial charge in [0.25, 0.3) is 0 Å². The summed E-state index contributed by atoms with van der Waals surface area (Å²) in [6, 6.07) is 8.53. The average molecular weight is 665 g/mol. The van der Waals surface area contributed by atoms with Gasteiger partial charge in [0, 0.05) is 41.3 Å². The first kappa shape index (κ1) is 32.6. The van der Waals surface area contributed by atoms with Gasteiger partial charge in [0.1, 0.15) is 10.5 Å². The van der Waals surface area contributed by atoms with Crippen LogP contribution in [0.15, 0.2) is 47.4 Å². The van der Waals surface area contributed by atoms with E-state index >= 15 is 0 Å². The number of benzene rings is 2. The van der Waals surface area contributed by atoms with Crippen molar-refractivity contribution in [2.24, 2.45) is 0 Å². The highest BCUT2D eigenvalue weighted by molar-refractivity contribution is 7.11. The van der Waals surface area contributed by atoms with Gasteiger partial charge in [0.05, 0.1) is 17.3 Å². The van der Waals surface area contributed by atoms with E-state index in [0.717, 1.165) is 6.07 Å². The molecule has 1 aliphatic rings. The molecule has 0 aliphatic carbocycles. The zero-order chi connectivity index (χ0) is 32.6. The Balaban J connectivity index is 1.55. The molecule has 0 radical (unpaired) electrons. The highest BCUT2D eigenvalue weighted by Gasteiger charge is 2.37. The second-order valence-corrected chi connectivity index (χ2v) is 13.3. The van der Waals surface area contributed by atoms with Gasteiger partial charge in [-0.2, -0.15) is 18.3 Å². The summed E-state index contributed by atoms with van der Waals surface area (Å²) in [7, 11) is 0. The van der Waals surface area contributed by atoms with Crippen molar-refractivity contribution in [3.63, 3.8) is 0 Å². The summed E-state index contributed by atoms with van der Waals surface area (Å²) in [6.45, 7) is 6.06. The smallest absolute Gasteiger partial charge is 0.417 e. The van der Waals surface area contributed by atoms with Crippen LogP contribution in [0.1, 0.15) is 61.6 Å². The van der Waals surface area contributed by atoms with Gasteiger partial charge in [-0.25, -0.2) is 4.79 Å². The molecule has 2 aromatic carbocycles. The Bertz CT molecular complexity index is 1800. The van der Waals surface area contributed by atoms with Gasteiger partial charge in [0.15, 0.2) is 0 Å². The maximum atomic E-state index is 14.0. The zero-order valence-electron chi connectivity index (χ0n) is 24.8. The Morgan fingerprint density at radius 1 is 1.22 bits per heavy atom. The number of carbonyl (C=O) groups excluding carboxylic acids is 1. The minimum absolute atomic E-state index is 0.0275. The van der Waals surface area contributed by atoms with Crippen LogP contribution in [0.3, 0.4) is 0 Å². The number of alkyl halides is 3. The quantitative estimate of drug-likeness (QED) is 0.180. The van der Waals surface area contributed by atoms with E-state index < -0.39 is 39.7 Å². The molecule has 0 unspecified atom stereocenters. The summed E-state index contributed by atoms with van der Waals surface area (Å²) < 4.78 is 54.3. The maximum Gasteiger partial charge on any atom is 0.417 e. The summed E-state index contributed by atoms with van der Waals surface area (Å²) in [5.41, 5.74) is -1.26. The number of nitrogens with one attached hydrogen (secondary N) is 2. The van der Waals surface area contributed by atoms with Crippen LogP contribution in [0, 0.1) is 0 Å². The first-order valence-corrected chi connectivity index (χ1v) is 15.4. The lowest BCUT2D eigenvalue weighted by Gasteiger charge is -2.38. The zero-order valence-corrected chi connectivity index (χ0v) is 26.3. The second-order valence-electron chi connectivity index (χ2n) is 11.9. The fourth-order valence-corrected chi connectivity index (χ4v) is 6.38. The van der Waals surface area contributed by atoms with Crippen LogP contribution in [-0.2, 0) is 22.2 Å². The van der Waals surface area contributed by atoms with Gasteiger partial charge in [0.2, 0.25) is 5.88 Å². The van der Waals surface area contributed by atoms with E-state index in [-0.39, 0.29) is 34.0 Å². The molecule has 1 fully saturated rings. The van der Waals surface area contributed by atoms with Crippen LogP contribution >= 0.6 is 22.9 Å². The van der Waals surface area contributed by atoms with E-state index in [9.17, 15) is 27.9 Å². The summed E-state index contributed by atoms with van der Waals surface area (Å²) >= 11 is 6.63. The third kappa shape index (κ3) is 7.54. The average Bonchev–Trinajstić information content (AvgIpc) is 3.53. The SMILES string of the molecule is CC(C)(C)OC(=O)NC1(CCn2c(O)c(C(=Cc3ccc(Cl)cc3C(F)(F)F)c3ccc4[nH]ncc4c3)sc2=O)CCOCC1. The monoisotopic (exact) mass is 664 g/mol. The van der Waals surface area contributed by atoms with Crippen molar-refractivity contribution in [3.8, 4) is 5.88 Å². The van der Waals surface area contributed by atoms with Crippen molar-refractivity contribution in [1.82, 2.24) is 20.1 Å². The molecule has 0 atom stereocenters. The number of rotatable bonds is 7. The van der Waals surface area contributed by atoms with Crippen LogP contribution in [-0.4, -0.2) is 50.3 Å². The van der Waals surface area contributed by atoms with Crippen molar-refractivity contribution >= 4 is 51.6 Å². The fourth-order valence-electron chi connectivity index (χ4n) is 5.26. The predicted octanol–water partition coefficient (Wildman–Crippen LogP) is 7.22. The standard InChI is InChI=1S/C31H32ClF3N4O5S/c1-29(2,3)44-27(41)37-30(9-12-43-13-10-30)8-11-39-26(40)25(45-28(39)42)22(18-5-7-24-20(14-18)17-36-38-24)15-19-4-6-21(32)16-23(19)31(33,34)35/h4-7,14-17,40H,8-13H2,1-3H3,(H,36,38)(H,37,41). The molecule has 1 aliphatic heterocycles. The molecule has 45 heavy (non-hydrogen) atoms. The van der Waals surface area contributed by atoms with Gasteiger partial charge < -0.3 is 19.9 Å². The lowest BCUT2D eigenvalue weighted by atomic mass is 9.86. The molecule has 0 spiro atoms. The highest BCUT2D eigenvalue weighted by atomic mass is 35.5. The van der Waals surface area contributed by atoms with Gasteiger partial charge in [-0.05, 0) is 81.5 Å². The van der Waals surface area contributed by atoms with E-state index in [1.54, 1.807) is 45.2 Å². The Labute approximate surface area is 265 Å². The van der Waals surface area contributed by atoms with Crippen molar-refractivity contribution in [2.75, 3.05) is 13.2 Å². The minimum atomic E-state index is -4.71. The van der Waals surface area contributed by atoms with E-state index in [2.05, 4.69) is 15.5 Å². The van der Waals surface area contributed by atoms with Crippen molar-refractivity contribution < 1.29 is 32.5 Å². The number of aromatic hydroxyl groups is 1. The number of thiazole rings is 1. The molecule has 5 rings (SSSR count). The molecule has 0 bridgehead atoms. The first-order valence-electron chi connectivity index (χ1n) is 14.2. The molecule has 0 saturated carbocycles. The minimum Gasteiger partial charge on any atom is -0.493 e. The van der Waals surface area contributed by atoms with E-state index in [1.165, 1.54) is 22.8 Å². The van der Waals surface area contributed by atoms with Crippen LogP contribution < -0.4 is 10.2 Å². The number of fused-ring (bicyclic) bond motifs is 1. The van der Waals surface area contributed by atoms with Gasteiger partial charge in [-0.1, -0.05) is 35.1 Å². The van der Waals surface area contributed by atoms with Crippen LogP contribution in [0.2, 0.25) is 5.02 Å². The van der Waals surface area contributed by atoms with Crippen molar-refractivity contribution in [1.29, 1.82) is 0 Å². The Morgan fingerprint density at radius 3 is 2.64 bits per heavy atom. The number of hydrogen-bond donors (Lipinski definition) is 3. The molecule has 9 nitrogen and oxygen atoms in total. The topological polar surface area (TPSA) is 118 Å². The van der Waals surface area contributed by atoms with Crippen molar-refractivity contribution in [3.05, 3.63) is 78.9 Å².